The van der Waals surface area contributed by atoms with E-state index in [9.17, 15) is 52.7 Å². The number of hydrogen-bond acceptors (Lipinski definition) is 0. The van der Waals surface area contributed by atoms with Crippen molar-refractivity contribution >= 4 is 28.0 Å². The second kappa shape index (κ2) is 40.4. The van der Waals surface area contributed by atoms with Crippen LogP contribution in [0.1, 0.15) is 230 Å². The van der Waals surface area contributed by atoms with Crippen molar-refractivity contribution in [1.29, 1.82) is 0 Å². The van der Waals surface area contributed by atoms with Gasteiger partial charge in [0.2, 0.25) is 0 Å². The second-order valence-electron chi connectivity index (χ2n) is 24.3. The summed E-state index contributed by atoms with van der Waals surface area (Å²) in [5.74, 6) is -71.4. The molecule has 0 atom stereocenters. The first-order chi connectivity index (χ1) is 45.0. The zero-order chi connectivity index (χ0) is 69.1. The van der Waals surface area contributed by atoms with Gasteiger partial charge in [0.05, 0.1) is 0 Å². The van der Waals surface area contributed by atoms with E-state index < -0.39 is 144 Å². The zero-order valence-electron chi connectivity index (χ0n) is 53.2. The summed E-state index contributed by atoms with van der Waals surface area (Å²) in [5.41, 5.74) is -11.3. The van der Waals surface area contributed by atoms with Gasteiger partial charge in [-0.15, -0.1) is 21.9 Å². The average molecular weight is 1470 g/mol. The summed E-state index contributed by atoms with van der Waals surface area (Å²) in [4.78, 5) is 0. The number of benzene rings is 6. The number of aryl methyl sites for hydroxylation is 2. The minimum atomic E-state index is -7.22. The van der Waals surface area contributed by atoms with Gasteiger partial charge < -0.3 is 0 Å². The molecule has 6 aromatic rings. The Morgan fingerprint density at radius 2 is 0.351 bits per heavy atom. The number of halogens is 21. The molecule has 94 heavy (non-hydrogen) atoms. The lowest BCUT2D eigenvalue weighted by Gasteiger charge is -2.44. The maximum absolute atomic E-state index is 15.4. The molecule has 0 saturated carbocycles. The fraction of sp³-hybridized carbons (Fsp3) is 0.500. The van der Waals surface area contributed by atoms with Crippen LogP contribution in [0.5, 0.6) is 0 Å². The van der Waals surface area contributed by atoms with E-state index in [2.05, 4.69) is 62.4 Å². The highest BCUT2D eigenvalue weighted by Gasteiger charge is 2.52. The molecule has 0 unspecified atom stereocenters. The van der Waals surface area contributed by atoms with Crippen molar-refractivity contribution < 1.29 is 109 Å². The SMILES string of the molecule is CCCCCCCCCCCCCCCCCCc1ccc([I+]c2ccc(CCCCCCCCCCCCCCCCCC)cc2)cc1.Fc1c(F)c(F)c([B-](c2c(F)c(F)c(F)c(F)c2F)(c2c(F)c(F)c(F)c(F)c2F)c2c(F)c(F)c(F)c(F)c2F)c(F)c1F. The molecule has 0 N–H and O–H groups in total. The van der Waals surface area contributed by atoms with Gasteiger partial charge in [-0.2, -0.15) is 0 Å². The van der Waals surface area contributed by atoms with E-state index >= 15 is 35.1 Å². The molecule has 0 fully saturated rings. The van der Waals surface area contributed by atoms with Crippen molar-refractivity contribution in [2.75, 3.05) is 0 Å². The summed E-state index contributed by atoms with van der Waals surface area (Å²) in [6.45, 7) is 4.61. The molecule has 0 amide bonds. The Bertz CT molecular complexity index is 2860. The fourth-order valence-corrected chi connectivity index (χ4v) is 14.3. The molecular formula is C72H82BF20I. The minimum absolute atomic E-state index is 0.0687. The highest BCUT2D eigenvalue weighted by atomic mass is 127. The molecule has 0 spiro atoms. The Morgan fingerprint density at radius 3 is 0.521 bits per heavy atom. The first kappa shape index (κ1) is 79.4. The summed E-state index contributed by atoms with van der Waals surface area (Å²) in [5, 5.41) is 0. The second-order valence-corrected chi connectivity index (χ2v) is 27.3. The Balaban J connectivity index is 0.000000341. The van der Waals surface area contributed by atoms with Crippen molar-refractivity contribution in [3.63, 3.8) is 0 Å². The van der Waals surface area contributed by atoms with E-state index in [0.717, 1.165) is 0 Å². The lowest BCUT2D eigenvalue weighted by Crippen LogP contribution is -3.61. The maximum Gasteiger partial charge on any atom is 0.357 e. The van der Waals surface area contributed by atoms with Gasteiger partial charge in [-0.05, 0) is 61.1 Å². The zero-order valence-corrected chi connectivity index (χ0v) is 55.3. The predicted molar refractivity (Wildman–Crippen MR) is 326 cm³/mol. The first-order valence-corrected chi connectivity index (χ1v) is 35.2. The third kappa shape index (κ3) is 20.9. The smallest absolute Gasteiger partial charge is 0.207 e. The van der Waals surface area contributed by atoms with Crippen LogP contribution in [0.3, 0.4) is 0 Å². The summed E-state index contributed by atoms with van der Waals surface area (Å²) < 4.78 is 297. The third-order valence-corrected chi connectivity index (χ3v) is 20.1. The molecule has 520 valence electrons. The van der Waals surface area contributed by atoms with Crippen LogP contribution in [-0.2, 0) is 12.8 Å². The summed E-state index contributed by atoms with van der Waals surface area (Å²) in [6, 6.07) is 19.3. The van der Waals surface area contributed by atoms with Gasteiger partial charge in [-0.3, -0.25) is 0 Å². The lowest BCUT2D eigenvalue weighted by molar-refractivity contribution is -0.597. The average Bonchev–Trinajstić information content (AvgIpc) is 0.683. The molecule has 0 aliphatic carbocycles. The van der Waals surface area contributed by atoms with E-state index in [1.807, 2.05) is 0 Å². The predicted octanol–water partition coefficient (Wildman–Crippen LogP) is 19.3. The fourth-order valence-electron chi connectivity index (χ4n) is 12.2. The molecule has 0 bridgehead atoms. The van der Waals surface area contributed by atoms with Crippen molar-refractivity contribution in [2.24, 2.45) is 0 Å². The molecule has 6 rings (SSSR count). The molecule has 0 aromatic heterocycles. The van der Waals surface area contributed by atoms with Crippen molar-refractivity contribution in [1.82, 2.24) is 0 Å². The Kier molecular flexibility index (Phi) is 34.2. The van der Waals surface area contributed by atoms with E-state index in [4.69, 9.17) is 0 Å². The summed E-state index contributed by atoms with van der Waals surface area (Å²) in [7, 11) is 0. The molecule has 0 nitrogen and oxygen atoms in total. The van der Waals surface area contributed by atoms with Gasteiger partial charge in [0, 0.05) is 0 Å². The van der Waals surface area contributed by atoms with Crippen LogP contribution in [0, 0.1) is 123 Å². The highest BCUT2D eigenvalue weighted by molar-refractivity contribution is 7.20. The van der Waals surface area contributed by atoms with Gasteiger partial charge in [0.25, 0.3) is 0 Å². The van der Waals surface area contributed by atoms with Gasteiger partial charge in [-0.1, -0.05) is 231 Å². The largest absolute Gasteiger partial charge is 0.357 e. The molecule has 0 radical (unpaired) electrons. The molecule has 0 heterocycles. The van der Waals surface area contributed by atoms with Crippen LogP contribution < -0.4 is 43.1 Å². The van der Waals surface area contributed by atoms with E-state index in [1.165, 1.54) is 229 Å². The molecule has 22 heteroatoms. The van der Waals surface area contributed by atoms with E-state index in [0.29, 0.717) is 0 Å². The molecule has 6 aromatic carbocycles. The number of hydrogen-bond donors (Lipinski definition) is 0. The van der Waals surface area contributed by atoms with Crippen molar-refractivity contribution in [3.8, 4) is 0 Å². The third-order valence-electron chi connectivity index (χ3n) is 17.4. The Labute approximate surface area is 549 Å². The highest BCUT2D eigenvalue weighted by Crippen LogP contribution is 2.31. The normalized spacial score (nSPS) is 11.7. The van der Waals surface area contributed by atoms with Gasteiger partial charge >= 0.3 is 21.2 Å². The van der Waals surface area contributed by atoms with E-state index in [-0.39, 0.29) is 21.2 Å². The van der Waals surface area contributed by atoms with Crippen molar-refractivity contribution in [2.45, 2.75) is 232 Å². The quantitative estimate of drug-likeness (QED) is 0.00898. The van der Waals surface area contributed by atoms with Crippen molar-refractivity contribution in [3.05, 3.63) is 183 Å². The van der Waals surface area contributed by atoms with Gasteiger partial charge in [0.15, 0.2) is 76.9 Å². The summed E-state index contributed by atoms with van der Waals surface area (Å²) >= 11 is -0.0687. The van der Waals surface area contributed by atoms with Crippen LogP contribution in [0.4, 0.5) is 87.8 Å². The molecular weight excluding hydrogens is 1380 g/mol. The molecule has 0 aliphatic rings. The summed E-state index contributed by atoms with van der Waals surface area (Å²) in [6.07, 6.45) is 41.5. The lowest BCUT2D eigenvalue weighted by atomic mass is 9.12. The van der Waals surface area contributed by atoms with Gasteiger partial charge in [0.1, 0.15) is 52.7 Å². The van der Waals surface area contributed by atoms with Crippen LogP contribution in [-0.4, -0.2) is 6.15 Å². The standard InChI is InChI=1S/C48H82I.C24BF20/c1-3-5-7-9-11-13-15-17-19-21-23-25-27-29-31-33-35-45-37-41-47(42-38-45)49-48-43-39-46(40-44-48)36-34-32-30-28-26-24-22-20-18-16-14-12-10-8-6-4-2;26-5-1(6(27)14(35)21(42)13(5)34)25(2-7(28)15(36)22(43)16(37)8(2)29,3-9(30)17(38)23(44)18(39)10(3)31)4-11(32)19(40)24(45)20(41)12(4)33/h37-44H,3-36H2,1-2H3;/q+1;-1. The molecule has 0 aliphatic heterocycles. The van der Waals surface area contributed by atoms with Crippen LogP contribution >= 0.6 is 0 Å². The molecule has 0 saturated heterocycles. The Morgan fingerprint density at radius 1 is 0.202 bits per heavy atom. The van der Waals surface area contributed by atoms with Crippen LogP contribution in [0.2, 0.25) is 0 Å². The maximum atomic E-state index is 15.4. The number of rotatable bonds is 40. The van der Waals surface area contributed by atoms with Crippen LogP contribution in [0.25, 0.3) is 0 Å². The topological polar surface area (TPSA) is 0 Å². The minimum Gasteiger partial charge on any atom is -0.207 e. The number of unbranched alkanes of at least 4 members (excludes halogenated alkanes) is 30. The van der Waals surface area contributed by atoms with Gasteiger partial charge in [-0.25, -0.2) is 87.8 Å². The monoisotopic (exact) mass is 1460 g/mol. The van der Waals surface area contributed by atoms with E-state index in [1.54, 1.807) is 7.14 Å². The first-order valence-electron chi connectivity index (χ1n) is 33.1. The Hall–Kier alpha value is -5.29. The van der Waals surface area contributed by atoms with Crippen LogP contribution in [0.15, 0.2) is 48.5 Å².